The number of carbonyl (C=O) groups is 2. The number of hydrogen-bond acceptors (Lipinski definition) is 5. The van der Waals surface area contributed by atoms with Gasteiger partial charge in [0.1, 0.15) is 17.9 Å². The van der Waals surface area contributed by atoms with Crippen molar-refractivity contribution in [2.24, 2.45) is 5.41 Å². The number of aromatic nitrogens is 2. The molecule has 2 amide bonds. The lowest BCUT2D eigenvalue weighted by Gasteiger charge is -2.38. The Hall–Kier alpha value is -3.95. The van der Waals surface area contributed by atoms with E-state index in [1.807, 2.05) is 26.0 Å². The van der Waals surface area contributed by atoms with Crippen molar-refractivity contribution in [3.05, 3.63) is 65.0 Å². The van der Waals surface area contributed by atoms with Crippen LogP contribution in [0.1, 0.15) is 48.6 Å². The van der Waals surface area contributed by atoms with Crippen molar-refractivity contribution in [1.82, 2.24) is 15.5 Å². The highest BCUT2D eigenvalue weighted by Crippen LogP contribution is 2.61. The largest absolute Gasteiger partial charge is 0.493 e. The van der Waals surface area contributed by atoms with Crippen LogP contribution in [0, 0.1) is 30.9 Å². The fraction of sp³-hybridized carbons (Fsp3) is 0.393. The molecular weight excluding hydrogens is 494 g/mol. The molecule has 1 unspecified atom stereocenters. The molecule has 2 saturated carbocycles. The number of amides is 2. The van der Waals surface area contributed by atoms with Crippen LogP contribution in [-0.4, -0.2) is 41.0 Å². The molecule has 8 nitrogen and oxygen atoms in total. The number of rotatable bonds is 6. The van der Waals surface area contributed by atoms with E-state index >= 15 is 0 Å². The van der Waals surface area contributed by atoms with Crippen LogP contribution in [0.3, 0.4) is 0 Å². The van der Waals surface area contributed by atoms with E-state index in [9.17, 15) is 18.4 Å². The van der Waals surface area contributed by atoms with Gasteiger partial charge in [-0.2, -0.15) is 5.10 Å². The molecule has 0 bridgehead atoms. The number of H-pyrrole nitrogens is 1. The van der Waals surface area contributed by atoms with Crippen LogP contribution in [0.5, 0.6) is 5.75 Å². The molecule has 2 atom stereocenters. The van der Waals surface area contributed by atoms with Crippen LogP contribution in [0.2, 0.25) is 0 Å². The van der Waals surface area contributed by atoms with Crippen molar-refractivity contribution in [3.8, 4) is 16.9 Å². The number of benzene rings is 2. The molecule has 1 aliphatic heterocycles. The van der Waals surface area contributed by atoms with Gasteiger partial charge in [-0.15, -0.1) is 0 Å². The Bertz CT molecular complexity index is 1390. The maximum absolute atomic E-state index is 14.4. The number of halogens is 2. The number of anilines is 1. The highest BCUT2D eigenvalue weighted by Gasteiger charge is 2.58. The van der Waals surface area contributed by atoms with E-state index in [1.165, 1.54) is 0 Å². The normalized spacial score (nSPS) is 19.7. The van der Waals surface area contributed by atoms with Gasteiger partial charge in [0, 0.05) is 39.9 Å². The van der Waals surface area contributed by atoms with E-state index < -0.39 is 41.0 Å². The van der Waals surface area contributed by atoms with E-state index in [2.05, 4.69) is 20.8 Å². The number of hydrogen-bond donors (Lipinski definition) is 3. The van der Waals surface area contributed by atoms with Gasteiger partial charge in [-0.25, -0.2) is 13.6 Å². The summed E-state index contributed by atoms with van der Waals surface area (Å²) in [5.41, 5.74) is 4.18. The number of carbonyl (C=O) groups excluding carboxylic acids is 2. The molecule has 0 saturated heterocycles. The zero-order valence-corrected chi connectivity index (χ0v) is 21.1. The average molecular weight is 523 g/mol. The molecule has 2 aromatic carbocycles. The van der Waals surface area contributed by atoms with Gasteiger partial charge in [0.25, 0.3) is 0 Å². The Morgan fingerprint density at radius 3 is 2.47 bits per heavy atom. The SMILES string of the molecule is Cc1n[nH]c(C)c1-c1ccc(NC(=O)[C@@H](NC(=O)OC2CC2)C2c3cc(F)c(F)cc3OCC23CC3)cc1. The Morgan fingerprint density at radius 2 is 1.84 bits per heavy atom. The van der Waals surface area contributed by atoms with Gasteiger partial charge < -0.3 is 20.1 Å². The smallest absolute Gasteiger partial charge is 0.408 e. The quantitative estimate of drug-likeness (QED) is 0.417. The monoisotopic (exact) mass is 522 g/mol. The summed E-state index contributed by atoms with van der Waals surface area (Å²) in [6.45, 7) is 4.10. The maximum Gasteiger partial charge on any atom is 0.408 e. The summed E-state index contributed by atoms with van der Waals surface area (Å²) in [5.74, 6) is -2.98. The minimum atomic E-state index is -1.09. The van der Waals surface area contributed by atoms with Crippen molar-refractivity contribution >= 4 is 17.7 Å². The van der Waals surface area contributed by atoms with Gasteiger partial charge in [-0.05, 0) is 63.3 Å². The second-order valence-corrected chi connectivity index (χ2v) is 10.5. The molecule has 38 heavy (non-hydrogen) atoms. The van der Waals surface area contributed by atoms with Gasteiger partial charge in [-0.3, -0.25) is 9.89 Å². The molecule has 1 aromatic heterocycles. The minimum Gasteiger partial charge on any atom is -0.493 e. The molecule has 6 rings (SSSR count). The predicted molar refractivity (Wildman–Crippen MR) is 135 cm³/mol. The highest BCUT2D eigenvalue weighted by atomic mass is 19.2. The van der Waals surface area contributed by atoms with Crippen molar-refractivity contribution in [2.45, 2.75) is 57.6 Å². The fourth-order valence-electron chi connectivity index (χ4n) is 5.42. The lowest BCUT2D eigenvalue weighted by molar-refractivity contribution is -0.119. The minimum absolute atomic E-state index is 0.163. The lowest BCUT2D eigenvalue weighted by Crippen LogP contribution is -2.52. The third-order valence-corrected chi connectivity index (χ3v) is 7.71. The first-order valence-electron chi connectivity index (χ1n) is 12.8. The van der Waals surface area contributed by atoms with Gasteiger partial charge in [0.05, 0.1) is 12.3 Å². The Balaban J connectivity index is 1.31. The number of aryl methyl sites for hydroxylation is 2. The van der Waals surface area contributed by atoms with Crippen LogP contribution in [0.4, 0.5) is 19.3 Å². The molecule has 2 fully saturated rings. The molecule has 2 aliphatic carbocycles. The molecule has 3 aromatic rings. The first-order chi connectivity index (χ1) is 18.2. The third kappa shape index (κ3) is 4.48. The zero-order chi connectivity index (χ0) is 26.6. The van der Waals surface area contributed by atoms with Crippen LogP contribution in [-0.2, 0) is 9.53 Å². The molecular formula is C28H28F2N4O4. The highest BCUT2D eigenvalue weighted by molar-refractivity contribution is 5.98. The van der Waals surface area contributed by atoms with Crippen molar-refractivity contribution in [2.75, 3.05) is 11.9 Å². The number of nitrogens with zero attached hydrogens (tertiary/aromatic N) is 1. The molecule has 0 radical (unpaired) electrons. The van der Waals surface area contributed by atoms with Gasteiger partial charge in [0.2, 0.25) is 5.91 Å². The second kappa shape index (κ2) is 9.11. The van der Waals surface area contributed by atoms with E-state index in [1.54, 1.807) is 12.1 Å². The van der Waals surface area contributed by atoms with E-state index in [0.717, 1.165) is 60.3 Å². The summed E-state index contributed by atoms with van der Waals surface area (Å²) in [7, 11) is 0. The summed E-state index contributed by atoms with van der Waals surface area (Å²) >= 11 is 0. The first kappa shape index (κ1) is 24.4. The van der Waals surface area contributed by atoms with Gasteiger partial charge >= 0.3 is 6.09 Å². The Labute approximate surface area is 218 Å². The Morgan fingerprint density at radius 1 is 1.13 bits per heavy atom. The topological polar surface area (TPSA) is 105 Å². The van der Waals surface area contributed by atoms with Crippen molar-refractivity contribution < 1.29 is 27.8 Å². The molecule has 198 valence electrons. The standard InChI is InChI=1S/C28H28F2N4O4/c1-14-23(15(2)34-33-14)16-3-5-17(6-4-16)31-26(35)25(32-27(36)38-18-7-8-18)24-19-11-20(29)21(30)12-22(19)37-13-28(24)9-10-28/h3-6,11-12,18,24-25H,7-10,13H2,1-2H3,(H,31,35)(H,32,36)(H,33,34)/t24?,25-/m0/s1. The number of aromatic amines is 1. The molecule has 3 aliphatic rings. The summed E-state index contributed by atoms with van der Waals surface area (Å²) in [6.07, 6.45) is 2.15. The summed E-state index contributed by atoms with van der Waals surface area (Å²) < 4.78 is 39.5. The van der Waals surface area contributed by atoms with Crippen LogP contribution >= 0.6 is 0 Å². The number of alkyl carbamates (subject to hydrolysis) is 1. The molecule has 2 heterocycles. The Kier molecular flexibility index (Phi) is 5.85. The predicted octanol–water partition coefficient (Wildman–Crippen LogP) is 5.12. The van der Waals surface area contributed by atoms with Crippen molar-refractivity contribution in [3.63, 3.8) is 0 Å². The van der Waals surface area contributed by atoms with E-state index in [-0.39, 0.29) is 18.5 Å². The van der Waals surface area contributed by atoms with Crippen LogP contribution in [0.25, 0.3) is 11.1 Å². The fourth-order valence-corrected chi connectivity index (χ4v) is 5.42. The zero-order valence-electron chi connectivity index (χ0n) is 21.1. The van der Waals surface area contributed by atoms with E-state index in [4.69, 9.17) is 9.47 Å². The van der Waals surface area contributed by atoms with Crippen LogP contribution in [0.15, 0.2) is 36.4 Å². The average Bonchev–Trinajstić information content (AvgIpc) is 3.81. The maximum atomic E-state index is 14.4. The lowest BCUT2D eigenvalue weighted by atomic mass is 9.76. The molecule has 1 spiro atoms. The van der Waals surface area contributed by atoms with Crippen LogP contribution < -0.4 is 15.4 Å². The molecule has 10 heteroatoms. The first-order valence-corrected chi connectivity index (χ1v) is 12.8. The third-order valence-electron chi connectivity index (χ3n) is 7.71. The second-order valence-electron chi connectivity index (χ2n) is 10.5. The number of fused-ring (bicyclic) bond motifs is 1. The van der Waals surface area contributed by atoms with Gasteiger partial charge in [0.15, 0.2) is 11.6 Å². The summed E-state index contributed by atoms with van der Waals surface area (Å²) in [6, 6.07) is 8.31. The van der Waals surface area contributed by atoms with E-state index in [0.29, 0.717) is 11.3 Å². The number of ether oxygens (including phenoxy) is 2. The van der Waals surface area contributed by atoms with Crippen molar-refractivity contribution in [1.29, 1.82) is 0 Å². The van der Waals surface area contributed by atoms with Gasteiger partial charge in [-0.1, -0.05) is 12.1 Å². The summed E-state index contributed by atoms with van der Waals surface area (Å²) in [5, 5.41) is 12.8. The molecule has 3 N–H and O–H groups in total. The number of nitrogens with one attached hydrogen (secondary N) is 3. The summed E-state index contributed by atoms with van der Waals surface area (Å²) in [4.78, 5) is 26.5.